The number of nitrogens with zero attached hydrogens (tertiary/aromatic N) is 4. The third-order valence-electron chi connectivity index (χ3n) is 3.72. The number of aryl methyl sites for hydroxylation is 1. The van der Waals surface area contributed by atoms with Crippen LogP contribution in [0.4, 0.5) is 0 Å². The summed E-state index contributed by atoms with van der Waals surface area (Å²) in [7, 11) is 3.63. The molecule has 0 bridgehead atoms. The van der Waals surface area contributed by atoms with E-state index in [0.29, 0.717) is 6.54 Å². The maximum Gasteiger partial charge on any atom is 0.191 e. The van der Waals surface area contributed by atoms with Crippen molar-refractivity contribution in [1.82, 2.24) is 25.4 Å². The molecule has 0 aliphatic heterocycles. The standard InChI is InChI=1S/C17H26N6.HI/c1-17(2,3)14-8-6-13(7-9-14)10-19-16(18-4)20-11-15-21-12-22-23(15)5;/h6-9,12H,10-11H2,1-5H3,(H2,18,19,20);1H. The molecule has 0 radical (unpaired) electrons. The Labute approximate surface area is 161 Å². The summed E-state index contributed by atoms with van der Waals surface area (Å²) in [4.78, 5) is 8.41. The van der Waals surface area contributed by atoms with Crippen LogP contribution < -0.4 is 10.6 Å². The van der Waals surface area contributed by atoms with Gasteiger partial charge in [-0.1, -0.05) is 45.0 Å². The third kappa shape index (κ3) is 5.77. The predicted molar refractivity (Wildman–Crippen MR) is 109 cm³/mol. The predicted octanol–water partition coefficient (Wildman–Crippen LogP) is 2.60. The summed E-state index contributed by atoms with van der Waals surface area (Å²) >= 11 is 0. The largest absolute Gasteiger partial charge is 0.352 e. The van der Waals surface area contributed by atoms with Gasteiger partial charge in [-0.15, -0.1) is 24.0 Å². The van der Waals surface area contributed by atoms with Crippen molar-refractivity contribution >= 4 is 29.9 Å². The van der Waals surface area contributed by atoms with Gasteiger partial charge in [0.15, 0.2) is 5.96 Å². The molecule has 1 heterocycles. The molecule has 0 fully saturated rings. The van der Waals surface area contributed by atoms with Crippen LogP contribution in [0.1, 0.15) is 37.7 Å². The van der Waals surface area contributed by atoms with Crippen LogP contribution in [0.3, 0.4) is 0 Å². The molecule has 6 nitrogen and oxygen atoms in total. The van der Waals surface area contributed by atoms with Crippen LogP contribution in [0.25, 0.3) is 0 Å². The first-order valence-corrected chi connectivity index (χ1v) is 7.77. The molecular weight excluding hydrogens is 415 g/mol. The number of rotatable bonds is 4. The van der Waals surface area contributed by atoms with Crippen molar-refractivity contribution < 1.29 is 0 Å². The van der Waals surface area contributed by atoms with Gasteiger partial charge in [0, 0.05) is 20.6 Å². The molecule has 0 spiro atoms. The second-order valence-corrected chi connectivity index (χ2v) is 6.53. The molecule has 2 aromatic rings. The van der Waals surface area contributed by atoms with Crippen molar-refractivity contribution in [1.29, 1.82) is 0 Å². The maximum absolute atomic E-state index is 4.23. The Hall–Kier alpha value is -1.64. The van der Waals surface area contributed by atoms with Crippen LogP contribution >= 0.6 is 24.0 Å². The fraction of sp³-hybridized carbons (Fsp3) is 0.471. The summed E-state index contributed by atoms with van der Waals surface area (Å²) in [5, 5.41) is 10.6. The number of hydrogen-bond acceptors (Lipinski definition) is 3. The Bertz CT molecular complexity index is 654. The fourth-order valence-electron chi connectivity index (χ4n) is 2.17. The van der Waals surface area contributed by atoms with Gasteiger partial charge in [0.2, 0.25) is 0 Å². The van der Waals surface area contributed by atoms with E-state index in [9.17, 15) is 0 Å². The molecule has 0 saturated heterocycles. The zero-order valence-electron chi connectivity index (χ0n) is 15.0. The summed E-state index contributed by atoms with van der Waals surface area (Å²) in [6.45, 7) is 7.97. The Morgan fingerprint density at radius 2 is 1.75 bits per heavy atom. The highest BCUT2D eigenvalue weighted by molar-refractivity contribution is 14.0. The van der Waals surface area contributed by atoms with E-state index >= 15 is 0 Å². The smallest absolute Gasteiger partial charge is 0.191 e. The van der Waals surface area contributed by atoms with Crippen molar-refractivity contribution in [2.75, 3.05) is 7.05 Å². The van der Waals surface area contributed by atoms with Crippen LogP contribution in [0.5, 0.6) is 0 Å². The van der Waals surface area contributed by atoms with Gasteiger partial charge in [-0.2, -0.15) is 5.10 Å². The molecule has 0 amide bonds. The van der Waals surface area contributed by atoms with Crippen LogP contribution in [-0.4, -0.2) is 27.8 Å². The number of nitrogens with one attached hydrogen (secondary N) is 2. The lowest BCUT2D eigenvalue weighted by atomic mass is 9.87. The molecule has 2 N–H and O–H groups in total. The molecule has 1 aromatic heterocycles. The summed E-state index contributed by atoms with van der Waals surface area (Å²) in [6, 6.07) is 8.69. The van der Waals surface area contributed by atoms with Crippen molar-refractivity contribution in [2.45, 2.75) is 39.3 Å². The molecule has 132 valence electrons. The lowest BCUT2D eigenvalue weighted by molar-refractivity contribution is 0.590. The Balaban J connectivity index is 0.00000288. The summed E-state index contributed by atoms with van der Waals surface area (Å²) in [6.07, 6.45) is 1.55. The molecule has 7 heteroatoms. The molecule has 1 aromatic carbocycles. The molecular formula is C17H27IN6. The Kier molecular flexibility index (Phi) is 7.65. The van der Waals surface area contributed by atoms with Crippen LogP contribution in [0, 0.1) is 0 Å². The number of guanidine groups is 1. The van der Waals surface area contributed by atoms with Crippen molar-refractivity contribution in [3.05, 3.63) is 47.5 Å². The van der Waals surface area contributed by atoms with E-state index in [4.69, 9.17) is 0 Å². The van der Waals surface area contributed by atoms with E-state index in [1.165, 1.54) is 11.1 Å². The van der Waals surface area contributed by atoms with Gasteiger partial charge in [0.1, 0.15) is 12.2 Å². The topological polar surface area (TPSA) is 67.1 Å². The molecule has 0 aliphatic rings. The second-order valence-electron chi connectivity index (χ2n) is 6.53. The van der Waals surface area contributed by atoms with Gasteiger partial charge in [0.05, 0.1) is 6.54 Å². The van der Waals surface area contributed by atoms with E-state index in [1.807, 2.05) is 7.05 Å². The lowest BCUT2D eigenvalue weighted by Crippen LogP contribution is -2.36. The lowest BCUT2D eigenvalue weighted by Gasteiger charge is -2.19. The van der Waals surface area contributed by atoms with Crippen LogP contribution in [0.15, 0.2) is 35.6 Å². The number of halogens is 1. The average Bonchev–Trinajstić information content (AvgIpc) is 2.92. The minimum Gasteiger partial charge on any atom is -0.352 e. The molecule has 24 heavy (non-hydrogen) atoms. The zero-order valence-corrected chi connectivity index (χ0v) is 17.3. The molecule has 2 rings (SSSR count). The number of aromatic nitrogens is 3. The normalized spacial score (nSPS) is 11.8. The van der Waals surface area contributed by atoms with Gasteiger partial charge in [-0.25, -0.2) is 4.98 Å². The van der Waals surface area contributed by atoms with E-state index in [1.54, 1.807) is 18.1 Å². The fourth-order valence-corrected chi connectivity index (χ4v) is 2.17. The second kappa shape index (κ2) is 9.00. The highest BCUT2D eigenvalue weighted by Gasteiger charge is 2.12. The monoisotopic (exact) mass is 442 g/mol. The zero-order chi connectivity index (χ0) is 16.9. The third-order valence-corrected chi connectivity index (χ3v) is 3.72. The SMILES string of the molecule is CN=C(NCc1ccc(C(C)(C)C)cc1)NCc1ncnn1C.I. The first-order chi connectivity index (χ1) is 10.9. The number of benzene rings is 1. The molecule has 0 atom stereocenters. The minimum absolute atomic E-state index is 0. The molecule has 0 aliphatic carbocycles. The van der Waals surface area contributed by atoms with Crippen LogP contribution in [0.2, 0.25) is 0 Å². The highest BCUT2D eigenvalue weighted by atomic mass is 127. The highest BCUT2D eigenvalue weighted by Crippen LogP contribution is 2.22. The number of hydrogen-bond donors (Lipinski definition) is 2. The minimum atomic E-state index is 0. The van der Waals surface area contributed by atoms with E-state index in [2.05, 4.69) is 70.7 Å². The van der Waals surface area contributed by atoms with Gasteiger partial charge >= 0.3 is 0 Å². The van der Waals surface area contributed by atoms with Gasteiger partial charge in [0.25, 0.3) is 0 Å². The van der Waals surface area contributed by atoms with Crippen molar-refractivity contribution in [2.24, 2.45) is 12.0 Å². The maximum atomic E-state index is 4.23. The van der Waals surface area contributed by atoms with Gasteiger partial charge in [-0.05, 0) is 16.5 Å². The van der Waals surface area contributed by atoms with Crippen molar-refractivity contribution in [3.8, 4) is 0 Å². The summed E-state index contributed by atoms with van der Waals surface area (Å²) in [5.74, 6) is 1.61. The Morgan fingerprint density at radius 3 is 2.25 bits per heavy atom. The molecule has 0 unspecified atom stereocenters. The average molecular weight is 442 g/mol. The Morgan fingerprint density at radius 1 is 1.12 bits per heavy atom. The van der Waals surface area contributed by atoms with E-state index < -0.39 is 0 Å². The van der Waals surface area contributed by atoms with Crippen molar-refractivity contribution in [3.63, 3.8) is 0 Å². The van der Waals surface area contributed by atoms with E-state index in [-0.39, 0.29) is 29.4 Å². The van der Waals surface area contributed by atoms with Gasteiger partial charge < -0.3 is 10.6 Å². The summed E-state index contributed by atoms with van der Waals surface area (Å²) in [5.41, 5.74) is 2.74. The number of aliphatic imine (C=N–C) groups is 1. The molecule has 0 saturated carbocycles. The first kappa shape index (κ1) is 20.4. The summed E-state index contributed by atoms with van der Waals surface area (Å²) < 4.78 is 1.74. The quantitative estimate of drug-likeness (QED) is 0.434. The first-order valence-electron chi connectivity index (χ1n) is 7.77. The van der Waals surface area contributed by atoms with Crippen LogP contribution in [-0.2, 0) is 25.6 Å². The van der Waals surface area contributed by atoms with Gasteiger partial charge in [-0.3, -0.25) is 9.67 Å². The van der Waals surface area contributed by atoms with E-state index in [0.717, 1.165) is 18.3 Å².